The molecule has 3 nitrogen and oxygen atoms in total. The fourth-order valence-corrected chi connectivity index (χ4v) is 3.18. The summed E-state index contributed by atoms with van der Waals surface area (Å²) in [6, 6.07) is 23.5. The number of amides is 1. The average molecular weight is 406 g/mol. The Hall–Kier alpha value is -2.85. The molecular weight excluding hydrogens is 390 g/mol. The minimum Gasteiger partial charge on any atom is -0.488 e. The molecule has 0 radical (unpaired) electrons. The van der Waals surface area contributed by atoms with Gasteiger partial charge in [0.1, 0.15) is 12.4 Å². The minimum absolute atomic E-state index is 0.0890. The Labute approximate surface area is 160 Å². The third-order valence-electron chi connectivity index (χ3n) is 4.24. The first-order valence-corrected chi connectivity index (χ1v) is 9.09. The number of rotatable bonds is 4. The molecule has 3 aromatic carbocycles. The van der Waals surface area contributed by atoms with E-state index in [1.54, 1.807) is 0 Å². The van der Waals surface area contributed by atoms with Gasteiger partial charge in [-0.3, -0.25) is 4.79 Å². The van der Waals surface area contributed by atoms with Crippen LogP contribution < -0.4 is 10.1 Å². The number of anilines is 1. The van der Waals surface area contributed by atoms with Crippen molar-refractivity contribution in [2.24, 2.45) is 0 Å². The van der Waals surface area contributed by atoms with Crippen molar-refractivity contribution in [1.82, 2.24) is 0 Å². The number of hydrogen-bond acceptors (Lipinski definition) is 2. The van der Waals surface area contributed by atoms with Gasteiger partial charge in [0.25, 0.3) is 5.91 Å². The Morgan fingerprint density at radius 3 is 2.50 bits per heavy atom. The van der Waals surface area contributed by atoms with E-state index in [-0.39, 0.29) is 5.91 Å². The Balaban J connectivity index is 1.62. The second-order valence-electron chi connectivity index (χ2n) is 6.01. The third-order valence-corrected chi connectivity index (χ3v) is 4.77. The summed E-state index contributed by atoms with van der Waals surface area (Å²) in [5, 5.41) is 2.90. The van der Waals surface area contributed by atoms with Crippen LogP contribution >= 0.6 is 15.9 Å². The van der Waals surface area contributed by atoms with Gasteiger partial charge >= 0.3 is 0 Å². The lowest BCUT2D eigenvalue weighted by Gasteiger charge is -2.10. The van der Waals surface area contributed by atoms with Crippen molar-refractivity contribution in [2.45, 2.75) is 6.61 Å². The van der Waals surface area contributed by atoms with E-state index >= 15 is 0 Å². The van der Waals surface area contributed by atoms with Gasteiger partial charge in [0, 0.05) is 26.9 Å². The van der Waals surface area contributed by atoms with E-state index in [0.717, 1.165) is 32.6 Å². The van der Waals surface area contributed by atoms with E-state index < -0.39 is 0 Å². The van der Waals surface area contributed by atoms with E-state index in [4.69, 9.17) is 4.74 Å². The number of halogens is 1. The van der Waals surface area contributed by atoms with Crippen LogP contribution in [-0.4, -0.2) is 5.91 Å². The van der Waals surface area contributed by atoms with Crippen LogP contribution in [0.2, 0.25) is 0 Å². The van der Waals surface area contributed by atoms with Gasteiger partial charge in [-0.1, -0.05) is 64.5 Å². The summed E-state index contributed by atoms with van der Waals surface area (Å²) in [5.41, 5.74) is 4.38. The standard InChI is InChI=1S/C22H16BrNO2/c23-17-11-9-15(10-12-17)14-26-21-8-4-1-5-16(21)13-19-18-6-2-3-7-20(18)24-22(19)25/h1-13H,14H2,(H,24,25)/b19-13+. The summed E-state index contributed by atoms with van der Waals surface area (Å²) in [6.45, 7) is 0.469. The van der Waals surface area contributed by atoms with Crippen LogP contribution in [0.25, 0.3) is 11.6 Å². The molecular formula is C22H16BrNO2. The summed E-state index contributed by atoms with van der Waals surface area (Å²) in [6.07, 6.45) is 1.89. The van der Waals surface area contributed by atoms with Crippen molar-refractivity contribution in [1.29, 1.82) is 0 Å². The molecule has 1 N–H and O–H groups in total. The normalized spacial score (nSPS) is 14.2. The summed E-state index contributed by atoms with van der Waals surface area (Å²) in [4.78, 5) is 12.3. The first kappa shape index (κ1) is 16.6. The molecule has 26 heavy (non-hydrogen) atoms. The molecule has 0 aliphatic carbocycles. The highest BCUT2D eigenvalue weighted by Gasteiger charge is 2.23. The lowest BCUT2D eigenvalue weighted by atomic mass is 10.0. The molecule has 0 fully saturated rings. The van der Waals surface area contributed by atoms with E-state index in [1.807, 2.05) is 78.9 Å². The molecule has 1 aliphatic rings. The van der Waals surface area contributed by atoms with Gasteiger partial charge < -0.3 is 10.1 Å². The lowest BCUT2D eigenvalue weighted by molar-refractivity contribution is -0.110. The molecule has 1 heterocycles. The van der Waals surface area contributed by atoms with E-state index in [9.17, 15) is 4.79 Å². The summed E-state index contributed by atoms with van der Waals surface area (Å²) in [5.74, 6) is 0.661. The number of nitrogens with one attached hydrogen (secondary N) is 1. The number of benzene rings is 3. The third kappa shape index (κ3) is 3.41. The van der Waals surface area contributed by atoms with Crippen molar-refractivity contribution in [3.63, 3.8) is 0 Å². The lowest BCUT2D eigenvalue weighted by Crippen LogP contribution is -2.03. The molecule has 128 valence electrons. The van der Waals surface area contributed by atoms with Gasteiger partial charge in [0.05, 0.1) is 0 Å². The van der Waals surface area contributed by atoms with Crippen LogP contribution in [-0.2, 0) is 11.4 Å². The average Bonchev–Trinajstić information content (AvgIpc) is 2.98. The Morgan fingerprint density at radius 2 is 1.65 bits per heavy atom. The number of fused-ring (bicyclic) bond motifs is 1. The largest absolute Gasteiger partial charge is 0.488 e. The molecule has 4 heteroatoms. The first-order chi connectivity index (χ1) is 12.7. The van der Waals surface area contributed by atoms with Crippen LogP contribution in [0.1, 0.15) is 16.7 Å². The van der Waals surface area contributed by atoms with E-state index in [1.165, 1.54) is 0 Å². The zero-order valence-corrected chi connectivity index (χ0v) is 15.5. The number of hydrogen-bond donors (Lipinski definition) is 1. The molecule has 1 amide bonds. The Kier molecular flexibility index (Phi) is 4.59. The van der Waals surface area contributed by atoms with Gasteiger partial charge in [0.2, 0.25) is 0 Å². The Morgan fingerprint density at radius 1 is 0.923 bits per heavy atom. The number of ether oxygens (including phenoxy) is 1. The Bertz CT molecular complexity index is 993. The van der Waals surface area contributed by atoms with Crippen molar-refractivity contribution in [3.05, 3.63) is 94.0 Å². The van der Waals surface area contributed by atoms with Gasteiger partial charge in [-0.15, -0.1) is 0 Å². The topological polar surface area (TPSA) is 38.3 Å². The molecule has 1 aliphatic heterocycles. The van der Waals surface area contributed by atoms with Crippen LogP contribution in [0.5, 0.6) is 5.75 Å². The minimum atomic E-state index is -0.0890. The van der Waals surface area contributed by atoms with Crippen LogP contribution in [0, 0.1) is 0 Å². The summed E-state index contributed by atoms with van der Waals surface area (Å²) < 4.78 is 7.04. The molecule has 0 aromatic heterocycles. The second-order valence-corrected chi connectivity index (χ2v) is 6.93. The highest BCUT2D eigenvalue weighted by atomic mass is 79.9. The van der Waals surface area contributed by atoms with E-state index in [2.05, 4.69) is 21.2 Å². The smallest absolute Gasteiger partial charge is 0.256 e. The van der Waals surface area contributed by atoms with Crippen molar-refractivity contribution >= 4 is 39.2 Å². The van der Waals surface area contributed by atoms with E-state index in [0.29, 0.717) is 12.2 Å². The monoisotopic (exact) mass is 405 g/mol. The van der Waals surface area contributed by atoms with Crippen LogP contribution in [0.4, 0.5) is 5.69 Å². The quantitative estimate of drug-likeness (QED) is 0.580. The molecule has 0 unspecified atom stereocenters. The number of para-hydroxylation sites is 2. The zero-order valence-electron chi connectivity index (χ0n) is 13.9. The fourth-order valence-electron chi connectivity index (χ4n) is 2.91. The molecule has 3 aromatic rings. The second kappa shape index (κ2) is 7.18. The molecule has 4 rings (SSSR count). The summed E-state index contributed by atoms with van der Waals surface area (Å²) >= 11 is 3.43. The summed E-state index contributed by atoms with van der Waals surface area (Å²) in [7, 11) is 0. The van der Waals surface area contributed by atoms with Crippen molar-refractivity contribution in [3.8, 4) is 5.75 Å². The highest BCUT2D eigenvalue weighted by molar-refractivity contribution is 9.10. The SMILES string of the molecule is O=C1Nc2ccccc2/C1=C\c1ccccc1OCc1ccc(Br)cc1. The van der Waals surface area contributed by atoms with Crippen molar-refractivity contribution in [2.75, 3.05) is 5.32 Å². The zero-order chi connectivity index (χ0) is 17.9. The highest BCUT2D eigenvalue weighted by Crippen LogP contribution is 2.34. The predicted molar refractivity (Wildman–Crippen MR) is 108 cm³/mol. The molecule has 0 saturated carbocycles. The number of carbonyl (C=O) groups excluding carboxylic acids is 1. The van der Waals surface area contributed by atoms with Gasteiger partial charge in [0.15, 0.2) is 0 Å². The van der Waals surface area contributed by atoms with Crippen LogP contribution in [0.3, 0.4) is 0 Å². The van der Waals surface area contributed by atoms with Gasteiger partial charge in [-0.2, -0.15) is 0 Å². The molecule has 0 saturated heterocycles. The maximum absolute atomic E-state index is 12.3. The first-order valence-electron chi connectivity index (χ1n) is 8.29. The maximum atomic E-state index is 12.3. The number of carbonyl (C=O) groups is 1. The van der Waals surface area contributed by atoms with Crippen molar-refractivity contribution < 1.29 is 9.53 Å². The van der Waals surface area contributed by atoms with Crippen LogP contribution in [0.15, 0.2) is 77.3 Å². The molecule has 0 atom stereocenters. The van der Waals surface area contributed by atoms with Gasteiger partial charge in [-0.25, -0.2) is 0 Å². The molecule has 0 bridgehead atoms. The van der Waals surface area contributed by atoms with Gasteiger partial charge in [-0.05, 0) is 35.9 Å². The predicted octanol–water partition coefficient (Wildman–Crippen LogP) is 5.52. The molecule has 0 spiro atoms. The fraction of sp³-hybridized carbons (Fsp3) is 0.0455. The maximum Gasteiger partial charge on any atom is 0.256 e.